The Morgan fingerprint density at radius 3 is 2.92 bits per heavy atom. The van der Waals surface area contributed by atoms with Crippen molar-refractivity contribution in [1.82, 2.24) is 20.0 Å². The molecule has 0 bridgehead atoms. The summed E-state index contributed by atoms with van der Waals surface area (Å²) in [5.41, 5.74) is 3.00. The number of benzene rings is 2. The molecule has 124 valence electrons. The second-order valence-corrected chi connectivity index (χ2v) is 5.77. The van der Waals surface area contributed by atoms with E-state index < -0.39 is 0 Å². The van der Waals surface area contributed by atoms with Crippen LogP contribution < -0.4 is 5.32 Å². The number of aromatic hydroxyl groups is 1. The van der Waals surface area contributed by atoms with Crippen LogP contribution >= 0.6 is 0 Å². The van der Waals surface area contributed by atoms with Crippen LogP contribution in [-0.2, 0) is 0 Å². The van der Waals surface area contributed by atoms with Crippen molar-refractivity contribution in [1.29, 1.82) is 0 Å². The number of phenols is 1. The van der Waals surface area contributed by atoms with E-state index in [0.29, 0.717) is 16.9 Å². The van der Waals surface area contributed by atoms with Gasteiger partial charge in [0.1, 0.15) is 5.75 Å². The summed E-state index contributed by atoms with van der Waals surface area (Å²) in [6.45, 7) is 1.96. The van der Waals surface area contributed by atoms with Crippen LogP contribution in [0.15, 0.2) is 54.9 Å². The lowest BCUT2D eigenvalue weighted by molar-refractivity contribution is 0.102. The zero-order valence-corrected chi connectivity index (χ0v) is 13.4. The number of H-pyrrole nitrogens is 1. The van der Waals surface area contributed by atoms with Crippen LogP contribution in [0.5, 0.6) is 5.75 Å². The number of nitrogens with zero attached hydrogens (tertiary/aromatic N) is 3. The van der Waals surface area contributed by atoms with Crippen molar-refractivity contribution in [3.63, 3.8) is 0 Å². The van der Waals surface area contributed by atoms with Crippen LogP contribution in [0.1, 0.15) is 15.9 Å². The number of carbonyl (C=O) groups is 1. The maximum atomic E-state index is 12.6. The van der Waals surface area contributed by atoms with E-state index in [2.05, 4.69) is 20.6 Å². The predicted octanol–water partition coefficient (Wildman–Crippen LogP) is 3.01. The molecule has 3 N–H and O–H groups in total. The lowest BCUT2D eigenvalue weighted by Crippen LogP contribution is -2.13. The predicted molar refractivity (Wildman–Crippen MR) is 94.0 cm³/mol. The average molecular weight is 333 g/mol. The molecule has 0 atom stereocenters. The molecular formula is C18H15N5O2. The third-order valence-electron chi connectivity index (χ3n) is 3.86. The van der Waals surface area contributed by atoms with E-state index in [0.717, 1.165) is 16.6 Å². The molecule has 0 aliphatic heterocycles. The first-order chi connectivity index (χ1) is 12.1. The molecule has 2 heterocycles. The van der Waals surface area contributed by atoms with Crippen molar-refractivity contribution in [2.45, 2.75) is 6.92 Å². The standard InChI is InChI=1S/C18H15N5O2/c1-11-9-19-23(10-11)13-4-2-3-12(7-13)18(25)20-17-15-6-5-14(24)8-16(15)21-22-17/h2-10,24H,1H3,(H2,20,21,22,25). The van der Waals surface area contributed by atoms with Gasteiger partial charge in [-0.15, -0.1) is 0 Å². The summed E-state index contributed by atoms with van der Waals surface area (Å²) in [5, 5.41) is 24.2. The molecule has 0 aliphatic carbocycles. The van der Waals surface area contributed by atoms with Gasteiger partial charge in [0.05, 0.1) is 17.4 Å². The molecular weight excluding hydrogens is 318 g/mol. The van der Waals surface area contributed by atoms with Gasteiger partial charge in [-0.25, -0.2) is 4.68 Å². The molecule has 7 nitrogen and oxygen atoms in total. The minimum atomic E-state index is -0.271. The van der Waals surface area contributed by atoms with E-state index in [-0.39, 0.29) is 11.7 Å². The Labute approximate surface area is 142 Å². The minimum absolute atomic E-state index is 0.135. The number of anilines is 1. The molecule has 0 saturated carbocycles. The molecule has 0 saturated heterocycles. The van der Waals surface area contributed by atoms with E-state index >= 15 is 0 Å². The maximum Gasteiger partial charge on any atom is 0.256 e. The molecule has 0 aliphatic rings. The summed E-state index contributed by atoms with van der Waals surface area (Å²) >= 11 is 0. The highest BCUT2D eigenvalue weighted by atomic mass is 16.3. The fourth-order valence-corrected chi connectivity index (χ4v) is 2.63. The SMILES string of the molecule is Cc1cnn(-c2cccc(C(=O)Nc3n[nH]c4cc(O)ccc34)c2)c1. The van der Waals surface area contributed by atoms with Crippen LogP contribution in [0.2, 0.25) is 0 Å². The lowest BCUT2D eigenvalue weighted by atomic mass is 10.2. The van der Waals surface area contributed by atoms with E-state index in [1.807, 2.05) is 25.3 Å². The number of hydrogen-bond acceptors (Lipinski definition) is 4. The van der Waals surface area contributed by atoms with Crippen molar-refractivity contribution in [2.24, 2.45) is 0 Å². The van der Waals surface area contributed by atoms with Crippen molar-refractivity contribution in [3.8, 4) is 11.4 Å². The quantitative estimate of drug-likeness (QED) is 0.537. The normalized spacial score (nSPS) is 10.9. The monoisotopic (exact) mass is 333 g/mol. The number of aromatic nitrogens is 4. The van der Waals surface area contributed by atoms with Gasteiger partial charge in [-0.05, 0) is 42.8 Å². The summed E-state index contributed by atoms with van der Waals surface area (Å²) in [7, 11) is 0. The second-order valence-electron chi connectivity index (χ2n) is 5.77. The highest BCUT2D eigenvalue weighted by molar-refractivity contribution is 6.08. The topological polar surface area (TPSA) is 95.8 Å². The molecule has 4 rings (SSSR count). The Balaban J connectivity index is 1.62. The number of aryl methyl sites for hydroxylation is 1. The molecule has 0 fully saturated rings. The minimum Gasteiger partial charge on any atom is -0.508 e. The highest BCUT2D eigenvalue weighted by Crippen LogP contribution is 2.24. The molecule has 1 amide bonds. The average Bonchev–Trinajstić information content (AvgIpc) is 3.21. The van der Waals surface area contributed by atoms with Gasteiger partial charge in [-0.1, -0.05) is 6.07 Å². The van der Waals surface area contributed by atoms with Gasteiger partial charge in [-0.3, -0.25) is 9.89 Å². The number of rotatable bonds is 3. The van der Waals surface area contributed by atoms with Crippen molar-refractivity contribution >= 4 is 22.6 Å². The third-order valence-corrected chi connectivity index (χ3v) is 3.86. The molecule has 2 aromatic heterocycles. The zero-order valence-electron chi connectivity index (χ0n) is 13.4. The number of aromatic amines is 1. The summed E-state index contributed by atoms with van der Waals surface area (Å²) in [6, 6.07) is 12.0. The van der Waals surface area contributed by atoms with Gasteiger partial charge in [0.15, 0.2) is 5.82 Å². The summed E-state index contributed by atoms with van der Waals surface area (Å²) in [5.74, 6) is 0.281. The molecule has 0 unspecified atom stereocenters. The van der Waals surface area contributed by atoms with Gasteiger partial charge in [0, 0.05) is 23.2 Å². The first kappa shape index (κ1) is 14.9. The Hall–Kier alpha value is -3.61. The summed E-state index contributed by atoms with van der Waals surface area (Å²) in [6.07, 6.45) is 3.66. The van der Waals surface area contributed by atoms with E-state index in [1.165, 1.54) is 0 Å². The van der Waals surface area contributed by atoms with E-state index in [4.69, 9.17) is 0 Å². The molecule has 4 aromatic rings. The van der Waals surface area contributed by atoms with Crippen LogP contribution in [0.3, 0.4) is 0 Å². The van der Waals surface area contributed by atoms with Crippen molar-refractivity contribution < 1.29 is 9.90 Å². The van der Waals surface area contributed by atoms with Crippen molar-refractivity contribution in [3.05, 3.63) is 66.0 Å². The Morgan fingerprint density at radius 2 is 2.12 bits per heavy atom. The van der Waals surface area contributed by atoms with E-state index in [9.17, 15) is 9.90 Å². The Bertz CT molecular complexity index is 1080. The van der Waals surface area contributed by atoms with Crippen LogP contribution in [0, 0.1) is 6.92 Å². The summed E-state index contributed by atoms with van der Waals surface area (Å²) < 4.78 is 1.72. The number of phenolic OH excluding ortho intramolecular Hbond substituents is 1. The third kappa shape index (κ3) is 2.83. The second kappa shape index (κ2) is 5.79. The van der Waals surface area contributed by atoms with Gasteiger partial charge in [0.25, 0.3) is 5.91 Å². The van der Waals surface area contributed by atoms with Crippen LogP contribution in [-0.4, -0.2) is 31.0 Å². The first-order valence-corrected chi connectivity index (χ1v) is 7.70. The van der Waals surface area contributed by atoms with Gasteiger partial charge in [0.2, 0.25) is 0 Å². The highest BCUT2D eigenvalue weighted by Gasteiger charge is 2.12. The van der Waals surface area contributed by atoms with Crippen molar-refractivity contribution in [2.75, 3.05) is 5.32 Å². The molecule has 25 heavy (non-hydrogen) atoms. The smallest absolute Gasteiger partial charge is 0.256 e. The van der Waals surface area contributed by atoms with Gasteiger partial charge >= 0.3 is 0 Å². The molecule has 0 radical (unpaired) electrons. The number of carbonyl (C=O) groups excluding carboxylic acids is 1. The largest absolute Gasteiger partial charge is 0.508 e. The number of amides is 1. The Morgan fingerprint density at radius 1 is 1.24 bits per heavy atom. The van der Waals surface area contributed by atoms with Gasteiger partial charge < -0.3 is 10.4 Å². The van der Waals surface area contributed by atoms with Gasteiger partial charge in [-0.2, -0.15) is 10.2 Å². The Kier molecular flexibility index (Phi) is 3.46. The number of fused-ring (bicyclic) bond motifs is 1. The van der Waals surface area contributed by atoms with E-state index in [1.54, 1.807) is 41.2 Å². The number of hydrogen-bond donors (Lipinski definition) is 3. The summed E-state index contributed by atoms with van der Waals surface area (Å²) in [4.78, 5) is 12.6. The molecule has 2 aromatic carbocycles. The zero-order chi connectivity index (χ0) is 17.4. The lowest BCUT2D eigenvalue weighted by Gasteiger charge is -2.06. The fraction of sp³-hybridized carbons (Fsp3) is 0.0556. The molecule has 0 spiro atoms. The maximum absolute atomic E-state index is 12.6. The fourth-order valence-electron chi connectivity index (χ4n) is 2.63. The molecule has 7 heteroatoms. The van der Waals surface area contributed by atoms with Crippen LogP contribution in [0.4, 0.5) is 5.82 Å². The first-order valence-electron chi connectivity index (χ1n) is 7.70. The van der Waals surface area contributed by atoms with Crippen LogP contribution in [0.25, 0.3) is 16.6 Å². The number of nitrogens with one attached hydrogen (secondary N) is 2.